The Morgan fingerprint density at radius 1 is 1.21 bits per heavy atom. The summed E-state index contributed by atoms with van der Waals surface area (Å²) in [4.78, 5) is 18.3. The molecule has 2 atom stereocenters. The van der Waals surface area contributed by atoms with E-state index in [4.69, 9.17) is 4.74 Å². The highest BCUT2D eigenvalue weighted by Gasteiger charge is 2.33. The van der Waals surface area contributed by atoms with Crippen LogP contribution in [0.2, 0.25) is 0 Å². The molecule has 0 bridgehead atoms. The second-order valence-corrected chi connectivity index (χ2v) is 9.96. The van der Waals surface area contributed by atoms with Crippen LogP contribution in [-0.4, -0.2) is 61.8 Å². The van der Waals surface area contributed by atoms with Crippen LogP contribution in [0.3, 0.4) is 0 Å². The number of rotatable bonds is 14. The van der Waals surface area contributed by atoms with E-state index >= 15 is 0 Å². The van der Waals surface area contributed by atoms with Gasteiger partial charge in [0.1, 0.15) is 5.82 Å². The Labute approximate surface area is 230 Å². The van der Waals surface area contributed by atoms with Gasteiger partial charge < -0.3 is 15.5 Å². The van der Waals surface area contributed by atoms with Gasteiger partial charge in [0.2, 0.25) is 0 Å². The number of benzene rings is 2. The van der Waals surface area contributed by atoms with E-state index in [0.29, 0.717) is 36.1 Å². The fourth-order valence-corrected chi connectivity index (χ4v) is 5.47. The minimum Gasteiger partial charge on any atom is -0.384 e. The van der Waals surface area contributed by atoms with Gasteiger partial charge in [-0.05, 0) is 55.1 Å². The predicted octanol–water partition coefficient (Wildman–Crippen LogP) is 4.22. The first-order valence-corrected chi connectivity index (χ1v) is 13.5. The number of methoxy groups -OCH3 is 1. The summed E-state index contributed by atoms with van der Waals surface area (Å²) in [6.45, 7) is 3.87. The van der Waals surface area contributed by atoms with Gasteiger partial charge in [0.05, 0.1) is 12.3 Å². The van der Waals surface area contributed by atoms with Gasteiger partial charge in [-0.1, -0.05) is 42.5 Å². The van der Waals surface area contributed by atoms with Crippen LogP contribution < -0.4 is 10.7 Å². The lowest BCUT2D eigenvalue weighted by atomic mass is 9.97. The molecule has 2 heterocycles. The number of pyridine rings is 1. The van der Waals surface area contributed by atoms with Crippen molar-refractivity contribution in [2.75, 3.05) is 33.9 Å². The third-order valence-corrected chi connectivity index (χ3v) is 7.35. The fraction of sp³-hybridized carbons (Fsp3) is 0.387. The van der Waals surface area contributed by atoms with E-state index in [-0.39, 0.29) is 5.82 Å². The molecule has 39 heavy (non-hydrogen) atoms. The number of carbonyl (C=O) groups excluding carboxylic acids is 1. The van der Waals surface area contributed by atoms with Crippen LogP contribution in [-0.2, 0) is 24.2 Å². The molecule has 1 aliphatic heterocycles. The minimum atomic E-state index is -0.233. The summed E-state index contributed by atoms with van der Waals surface area (Å²) in [6.07, 6.45) is 7.10. The van der Waals surface area contributed by atoms with Crippen molar-refractivity contribution >= 4 is 12.0 Å². The zero-order chi connectivity index (χ0) is 27.5. The Morgan fingerprint density at radius 2 is 2.08 bits per heavy atom. The number of aldehydes is 1. The highest BCUT2D eigenvalue weighted by Crippen LogP contribution is 2.28. The molecular formula is C31H38FN5O2. The van der Waals surface area contributed by atoms with Crippen LogP contribution >= 0.6 is 0 Å². The minimum absolute atomic E-state index is 0.233. The third-order valence-electron chi connectivity index (χ3n) is 7.35. The summed E-state index contributed by atoms with van der Waals surface area (Å²) in [6, 6.07) is 17.0. The van der Waals surface area contributed by atoms with Crippen molar-refractivity contribution < 1.29 is 13.9 Å². The first kappa shape index (κ1) is 28.5. The number of carbonyl (C=O) groups is 1. The van der Waals surface area contributed by atoms with Gasteiger partial charge in [0, 0.05) is 68.8 Å². The van der Waals surface area contributed by atoms with Crippen LogP contribution in [0.4, 0.5) is 4.39 Å². The Balaban J connectivity index is 1.37. The summed E-state index contributed by atoms with van der Waals surface area (Å²) in [7, 11) is 3.49. The van der Waals surface area contributed by atoms with Crippen LogP contribution in [0, 0.1) is 11.7 Å². The molecule has 1 aromatic heterocycles. The fourth-order valence-electron chi connectivity index (χ4n) is 5.47. The van der Waals surface area contributed by atoms with E-state index in [1.165, 1.54) is 11.6 Å². The molecule has 0 radical (unpaired) electrons. The normalized spacial score (nSPS) is 17.9. The number of nitrogens with one attached hydrogen (secondary N) is 2. The van der Waals surface area contributed by atoms with E-state index in [1.807, 2.05) is 36.5 Å². The van der Waals surface area contributed by atoms with Crippen LogP contribution in [0.5, 0.6) is 0 Å². The van der Waals surface area contributed by atoms with Crippen LogP contribution in [0.15, 0.2) is 72.1 Å². The zero-order valence-electron chi connectivity index (χ0n) is 22.8. The summed E-state index contributed by atoms with van der Waals surface area (Å²) < 4.78 is 20.2. The van der Waals surface area contributed by atoms with Crippen molar-refractivity contribution in [1.82, 2.24) is 20.6 Å². The van der Waals surface area contributed by atoms with E-state index in [9.17, 15) is 9.18 Å². The molecule has 206 valence electrons. The van der Waals surface area contributed by atoms with Gasteiger partial charge in [0.15, 0.2) is 6.29 Å². The predicted molar refractivity (Wildman–Crippen MR) is 152 cm³/mol. The number of nitrogens with zero attached hydrogens (tertiary/aromatic N) is 3. The second kappa shape index (κ2) is 14.6. The molecule has 0 spiro atoms. The molecule has 2 unspecified atom stereocenters. The van der Waals surface area contributed by atoms with Crippen LogP contribution in [0.25, 0.3) is 0 Å². The third kappa shape index (κ3) is 7.79. The highest BCUT2D eigenvalue weighted by atomic mass is 19.1. The lowest BCUT2D eigenvalue weighted by Crippen LogP contribution is -2.36. The summed E-state index contributed by atoms with van der Waals surface area (Å²) in [5, 5.41) is 7.87. The SMILES string of the molecule is CN/N=C(/Cc1ccc(F)c(CNCCC2C(COC)CCN2Cc2cccnc2)c1)c1ccccc1C=O. The molecule has 4 rings (SSSR count). The van der Waals surface area contributed by atoms with E-state index in [0.717, 1.165) is 62.2 Å². The number of ether oxygens (including phenoxy) is 1. The first-order valence-electron chi connectivity index (χ1n) is 13.5. The molecule has 0 saturated carbocycles. The Morgan fingerprint density at radius 3 is 2.85 bits per heavy atom. The lowest BCUT2D eigenvalue weighted by molar-refractivity contribution is 0.112. The molecule has 0 aliphatic carbocycles. The molecule has 0 amide bonds. The molecule has 1 fully saturated rings. The number of halogens is 1. The average molecular weight is 532 g/mol. The summed E-state index contributed by atoms with van der Waals surface area (Å²) in [5.41, 5.74) is 7.66. The van der Waals surface area contributed by atoms with E-state index in [1.54, 1.807) is 32.5 Å². The monoisotopic (exact) mass is 531 g/mol. The van der Waals surface area contributed by atoms with Gasteiger partial charge in [-0.15, -0.1) is 0 Å². The molecule has 3 aromatic rings. The number of hydrogen-bond donors (Lipinski definition) is 2. The van der Waals surface area contributed by atoms with Crippen molar-refractivity contribution in [3.05, 3.63) is 101 Å². The van der Waals surface area contributed by atoms with Crippen molar-refractivity contribution in [2.45, 2.75) is 38.4 Å². The molecule has 1 aliphatic rings. The molecule has 7 nitrogen and oxygen atoms in total. The van der Waals surface area contributed by atoms with Gasteiger partial charge in [-0.2, -0.15) is 5.10 Å². The van der Waals surface area contributed by atoms with Crippen LogP contribution in [0.1, 0.15) is 45.5 Å². The molecule has 2 aromatic carbocycles. The summed E-state index contributed by atoms with van der Waals surface area (Å²) in [5.74, 6) is 0.246. The van der Waals surface area contributed by atoms with Crippen molar-refractivity contribution in [1.29, 1.82) is 0 Å². The van der Waals surface area contributed by atoms with Crippen molar-refractivity contribution in [3.63, 3.8) is 0 Å². The second-order valence-electron chi connectivity index (χ2n) is 9.96. The van der Waals surface area contributed by atoms with Gasteiger partial charge in [-0.25, -0.2) is 4.39 Å². The zero-order valence-corrected chi connectivity index (χ0v) is 22.8. The summed E-state index contributed by atoms with van der Waals surface area (Å²) >= 11 is 0. The Kier molecular flexibility index (Phi) is 10.7. The molecule has 1 saturated heterocycles. The Hall–Kier alpha value is -3.46. The van der Waals surface area contributed by atoms with Crippen molar-refractivity contribution in [2.24, 2.45) is 11.0 Å². The first-order chi connectivity index (χ1) is 19.1. The topological polar surface area (TPSA) is 78.9 Å². The van der Waals surface area contributed by atoms with Gasteiger partial charge >= 0.3 is 0 Å². The maximum absolute atomic E-state index is 14.7. The number of hydrogen-bond acceptors (Lipinski definition) is 7. The largest absolute Gasteiger partial charge is 0.384 e. The maximum Gasteiger partial charge on any atom is 0.150 e. The quantitative estimate of drug-likeness (QED) is 0.140. The average Bonchev–Trinajstić information content (AvgIpc) is 3.33. The molecular weight excluding hydrogens is 493 g/mol. The molecule has 2 N–H and O–H groups in total. The maximum atomic E-state index is 14.7. The van der Waals surface area contributed by atoms with Gasteiger partial charge in [-0.3, -0.25) is 14.7 Å². The Bertz CT molecular complexity index is 1240. The number of aromatic nitrogens is 1. The highest BCUT2D eigenvalue weighted by molar-refractivity contribution is 6.07. The smallest absolute Gasteiger partial charge is 0.150 e. The van der Waals surface area contributed by atoms with E-state index < -0.39 is 0 Å². The number of likely N-dealkylation sites (tertiary alicyclic amines) is 1. The molecule has 8 heteroatoms. The van der Waals surface area contributed by atoms with E-state index in [2.05, 4.69) is 31.8 Å². The van der Waals surface area contributed by atoms with Crippen molar-refractivity contribution in [3.8, 4) is 0 Å². The van der Waals surface area contributed by atoms with Gasteiger partial charge in [0.25, 0.3) is 0 Å². The standard InChI is InChI=1S/C31H38FN5O2/c1-33-36-30(28-8-4-3-7-25(28)21-38)17-23-9-10-29(32)27(16-23)19-35-14-11-31-26(22-39-2)12-15-37(31)20-24-6-5-13-34-18-24/h3-10,13,16,18,21,26,31,33,35H,11-12,14-15,17,19-20,22H2,1-2H3/b36-30-. The lowest BCUT2D eigenvalue weighted by Gasteiger charge is -2.28. The number of hydrazone groups is 1.